The second-order valence-electron chi connectivity index (χ2n) is 3.91. The van der Waals surface area contributed by atoms with Crippen molar-refractivity contribution in [1.29, 1.82) is 0 Å². The highest BCUT2D eigenvalue weighted by Crippen LogP contribution is 2.11. The maximum absolute atomic E-state index is 10.7. The van der Waals surface area contributed by atoms with E-state index in [1.54, 1.807) is 0 Å². The van der Waals surface area contributed by atoms with Crippen LogP contribution in [0.1, 0.15) is 11.1 Å². The Kier molecular flexibility index (Phi) is 3.45. The van der Waals surface area contributed by atoms with Crippen molar-refractivity contribution in [3.63, 3.8) is 0 Å². The highest BCUT2D eigenvalue weighted by atomic mass is 16.1. The minimum Gasteiger partial charge on any atom is -0.381 e. The Balaban J connectivity index is 1.91. The van der Waals surface area contributed by atoms with E-state index in [2.05, 4.69) is 10.3 Å². The molecule has 0 unspecified atom stereocenters. The molecule has 1 heterocycles. The van der Waals surface area contributed by atoms with E-state index in [1.165, 1.54) is 5.56 Å². The lowest BCUT2D eigenvalue weighted by Crippen LogP contribution is -2.13. The van der Waals surface area contributed by atoms with Gasteiger partial charge in [-0.3, -0.25) is 4.79 Å². The molecule has 0 saturated carbocycles. The van der Waals surface area contributed by atoms with Crippen molar-refractivity contribution in [1.82, 2.24) is 4.98 Å². The van der Waals surface area contributed by atoms with Gasteiger partial charge in [-0.05, 0) is 29.3 Å². The fourth-order valence-corrected chi connectivity index (χ4v) is 1.61. The lowest BCUT2D eigenvalue weighted by atomic mass is 10.1. The largest absolute Gasteiger partial charge is 0.381 e. The van der Waals surface area contributed by atoms with E-state index in [1.807, 2.05) is 42.7 Å². The predicted octanol–water partition coefficient (Wildman–Crippen LogP) is 1.65. The number of hydrogen-bond acceptors (Lipinski definition) is 2. The maximum Gasteiger partial charge on any atom is 0.221 e. The summed E-state index contributed by atoms with van der Waals surface area (Å²) in [6.07, 6.45) is 4.14. The summed E-state index contributed by atoms with van der Waals surface area (Å²) < 4.78 is 0. The van der Waals surface area contributed by atoms with E-state index in [-0.39, 0.29) is 12.3 Å². The molecule has 1 aromatic heterocycles. The van der Waals surface area contributed by atoms with Crippen LogP contribution >= 0.6 is 0 Å². The number of primary amides is 1. The van der Waals surface area contributed by atoms with Crippen LogP contribution in [0, 0.1) is 0 Å². The van der Waals surface area contributed by atoms with Crippen LogP contribution in [-0.4, -0.2) is 10.9 Å². The molecule has 0 aliphatic carbocycles. The fourth-order valence-electron chi connectivity index (χ4n) is 1.61. The van der Waals surface area contributed by atoms with Crippen molar-refractivity contribution in [2.45, 2.75) is 13.0 Å². The van der Waals surface area contributed by atoms with Gasteiger partial charge < -0.3 is 16.0 Å². The minimum absolute atomic E-state index is 0.290. The SMILES string of the molecule is NC(=O)Cc1ccc(NCc2cc[nH]c2)cc1. The number of carbonyl (C=O) groups is 1. The van der Waals surface area contributed by atoms with E-state index in [0.29, 0.717) is 0 Å². The highest BCUT2D eigenvalue weighted by molar-refractivity contribution is 5.76. The molecule has 0 aliphatic heterocycles. The average Bonchev–Trinajstić information content (AvgIpc) is 2.80. The van der Waals surface area contributed by atoms with Crippen molar-refractivity contribution >= 4 is 11.6 Å². The minimum atomic E-state index is -0.307. The summed E-state index contributed by atoms with van der Waals surface area (Å²) in [6, 6.07) is 9.73. The number of amides is 1. The quantitative estimate of drug-likeness (QED) is 0.729. The van der Waals surface area contributed by atoms with Crippen LogP contribution in [0.25, 0.3) is 0 Å². The zero-order valence-corrected chi connectivity index (χ0v) is 9.44. The third kappa shape index (κ3) is 3.38. The number of aromatic nitrogens is 1. The van der Waals surface area contributed by atoms with Gasteiger partial charge in [0.1, 0.15) is 0 Å². The predicted molar refractivity (Wildman–Crippen MR) is 67.5 cm³/mol. The molecule has 0 aliphatic rings. The lowest BCUT2D eigenvalue weighted by Gasteiger charge is -2.05. The standard InChI is InChI=1S/C13H15N3O/c14-13(17)7-10-1-3-12(4-2-10)16-9-11-5-6-15-8-11/h1-6,8,15-16H,7,9H2,(H2,14,17). The first kappa shape index (κ1) is 11.3. The molecule has 2 aromatic rings. The van der Waals surface area contributed by atoms with Gasteiger partial charge in [-0.15, -0.1) is 0 Å². The molecule has 17 heavy (non-hydrogen) atoms. The van der Waals surface area contributed by atoms with Gasteiger partial charge in [0.15, 0.2) is 0 Å². The molecule has 0 saturated heterocycles. The summed E-state index contributed by atoms with van der Waals surface area (Å²) >= 11 is 0. The molecule has 0 bridgehead atoms. The van der Waals surface area contributed by atoms with Gasteiger partial charge in [0.2, 0.25) is 5.91 Å². The summed E-state index contributed by atoms with van der Waals surface area (Å²) in [5, 5.41) is 3.29. The Hall–Kier alpha value is -2.23. The van der Waals surface area contributed by atoms with Crippen LogP contribution in [0.4, 0.5) is 5.69 Å². The van der Waals surface area contributed by atoms with Crippen LogP contribution in [0.15, 0.2) is 42.7 Å². The number of nitrogens with one attached hydrogen (secondary N) is 2. The van der Waals surface area contributed by atoms with Crippen molar-refractivity contribution in [3.8, 4) is 0 Å². The van der Waals surface area contributed by atoms with Gasteiger partial charge in [0, 0.05) is 24.6 Å². The average molecular weight is 229 g/mol. The first-order valence-electron chi connectivity index (χ1n) is 5.47. The van der Waals surface area contributed by atoms with E-state index in [9.17, 15) is 4.79 Å². The molecule has 4 nitrogen and oxygen atoms in total. The monoisotopic (exact) mass is 229 g/mol. The Bertz CT molecular complexity index is 474. The number of hydrogen-bond donors (Lipinski definition) is 3. The lowest BCUT2D eigenvalue weighted by molar-refractivity contribution is -0.117. The van der Waals surface area contributed by atoms with Crippen molar-refractivity contribution in [3.05, 3.63) is 53.9 Å². The van der Waals surface area contributed by atoms with Gasteiger partial charge in [-0.25, -0.2) is 0 Å². The number of H-pyrrole nitrogens is 1. The highest BCUT2D eigenvalue weighted by Gasteiger charge is 1.98. The fraction of sp³-hybridized carbons (Fsp3) is 0.154. The summed E-state index contributed by atoms with van der Waals surface area (Å²) in [5.74, 6) is -0.307. The van der Waals surface area contributed by atoms with E-state index < -0.39 is 0 Å². The smallest absolute Gasteiger partial charge is 0.221 e. The van der Waals surface area contributed by atoms with Gasteiger partial charge in [-0.1, -0.05) is 12.1 Å². The molecular formula is C13H15N3O. The second-order valence-corrected chi connectivity index (χ2v) is 3.91. The molecule has 4 N–H and O–H groups in total. The summed E-state index contributed by atoms with van der Waals surface area (Å²) in [7, 11) is 0. The molecule has 1 aromatic carbocycles. The van der Waals surface area contributed by atoms with Gasteiger partial charge in [0.25, 0.3) is 0 Å². The Morgan fingerprint density at radius 1 is 1.18 bits per heavy atom. The first-order valence-corrected chi connectivity index (χ1v) is 5.47. The summed E-state index contributed by atoms with van der Waals surface area (Å²) in [6.45, 7) is 0.776. The zero-order chi connectivity index (χ0) is 12.1. The third-order valence-corrected chi connectivity index (χ3v) is 2.49. The molecule has 0 fully saturated rings. The maximum atomic E-state index is 10.7. The van der Waals surface area contributed by atoms with Gasteiger partial charge in [0.05, 0.1) is 6.42 Å². The zero-order valence-electron chi connectivity index (χ0n) is 9.44. The number of aromatic amines is 1. The Morgan fingerprint density at radius 3 is 2.53 bits per heavy atom. The molecule has 2 rings (SSSR count). The second kappa shape index (κ2) is 5.21. The van der Waals surface area contributed by atoms with Gasteiger partial charge >= 0.3 is 0 Å². The Morgan fingerprint density at radius 2 is 1.94 bits per heavy atom. The number of anilines is 1. The van der Waals surface area contributed by atoms with E-state index >= 15 is 0 Å². The summed E-state index contributed by atoms with van der Waals surface area (Å²) in [4.78, 5) is 13.7. The van der Waals surface area contributed by atoms with Crippen LogP contribution < -0.4 is 11.1 Å². The molecule has 0 atom stereocenters. The normalized spacial score (nSPS) is 10.1. The van der Waals surface area contributed by atoms with Crippen LogP contribution in [0.5, 0.6) is 0 Å². The molecular weight excluding hydrogens is 214 g/mol. The van der Waals surface area contributed by atoms with E-state index in [0.717, 1.165) is 17.8 Å². The molecule has 4 heteroatoms. The Labute approximate surface area is 99.8 Å². The van der Waals surface area contributed by atoms with Crippen molar-refractivity contribution < 1.29 is 4.79 Å². The summed E-state index contributed by atoms with van der Waals surface area (Å²) in [5.41, 5.74) is 8.29. The third-order valence-electron chi connectivity index (χ3n) is 2.49. The number of benzene rings is 1. The van der Waals surface area contributed by atoms with Crippen molar-refractivity contribution in [2.24, 2.45) is 5.73 Å². The topological polar surface area (TPSA) is 70.9 Å². The molecule has 88 valence electrons. The van der Waals surface area contributed by atoms with Crippen LogP contribution in [0.2, 0.25) is 0 Å². The van der Waals surface area contributed by atoms with Crippen LogP contribution in [-0.2, 0) is 17.8 Å². The van der Waals surface area contributed by atoms with Crippen molar-refractivity contribution in [2.75, 3.05) is 5.32 Å². The first-order chi connectivity index (χ1) is 8.24. The van der Waals surface area contributed by atoms with E-state index in [4.69, 9.17) is 5.73 Å². The number of nitrogens with two attached hydrogens (primary N) is 1. The van der Waals surface area contributed by atoms with Crippen LogP contribution in [0.3, 0.4) is 0 Å². The molecule has 0 radical (unpaired) electrons. The number of rotatable bonds is 5. The molecule has 1 amide bonds. The number of carbonyl (C=O) groups excluding carboxylic acids is 1. The molecule has 0 spiro atoms. The van der Waals surface area contributed by atoms with Gasteiger partial charge in [-0.2, -0.15) is 0 Å².